The fourth-order valence-corrected chi connectivity index (χ4v) is 2.13. The topological polar surface area (TPSA) is 72.9 Å². The van der Waals surface area contributed by atoms with E-state index in [1.165, 1.54) is 0 Å². The van der Waals surface area contributed by atoms with Crippen LogP contribution in [0.1, 0.15) is 41.5 Å². The van der Waals surface area contributed by atoms with Crippen LogP contribution in [-0.2, 0) is 13.5 Å². The number of nitrogens with two attached hydrogens (primary N) is 1. The number of nitrogen functional groups attached to an aromatic ring is 1. The maximum absolute atomic E-state index is 12.3. The summed E-state index contributed by atoms with van der Waals surface area (Å²) in [6.07, 6.45) is 2.49. The molecule has 0 saturated carbocycles. The van der Waals surface area contributed by atoms with E-state index < -0.39 is 0 Å². The number of amides is 1. The number of aryl methyl sites for hydroxylation is 2. The van der Waals surface area contributed by atoms with Crippen LogP contribution < -0.4 is 11.1 Å². The minimum absolute atomic E-state index is 0.0759. The van der Waals surface area contributed by atoms with Crippen LogP contribution in [0.25, 0.3) is 0 Å². The lowest BCUT2D eigenvalue weighted by molar-refractivity contribution is 0.0939. The van der Waals surface area contributed by atoms with E-state index in [-0.39, 0.29) is 11.9 Å². The highest BCUT2D eigenvalue weighted by Crippen LogP contribution is 2.16. The average molecular weight is 272 g/mol. The Balaban J connectivity index is 2.12. The van der Waals surface area contributed by atoms with E-state index in [1.54, 1.807) is 10.9 Å². The van der Waals surface area contributed by atoms with Crippen molar-refractivity contribution < 1.29 is 4.79 Å². The lowest BCUT2D eigenvalue weighted by Gasteiger charge is -2.14. The molecule has 0 spiro atoms. The molecule has 0 aliphatic carbocycles. The van der Waals surface area contributed by atoms with E-state index in [1.807, 2.05) is 45.2 Å². The molecule has 106 valence electrons. The number of carbonyl (C=O) groups excluding carboxylic acids is 1. The zero-order valence-corrected chi connectivity index (χ0v) is 12.1. The molecule has 0 aliphatic heterocycles. The van der Waals surface area contributed by atoms with Gasteiger partial charge in [-0.1, -0.05) is 19.1 Å². The monoisotopic (exact) mass is 272 g/mol. The first-order chi connectivity index (χ1) is 9.51. The first-order valence-electron chi connectivity index (χ1n) is 6.70. The number of nitrogens with one attached hydrogen (secondary N) is 1. The van der Waals surface area contributed by atoms with Crippen molar-refractivity contribution in [1.82, 2.24) is 15.1 Å². The van der Waals surface area contributed by atoms with Gasteiger partial charge in [0.15, 0.2) is 0 Å². The standard InChI is InChI=1S/C15H20N4O/c1-4-14-13(9-19(3)18-14)15(20)17-10(2)11-5-7-12(16)8-6-11/h5-10H,4,16H2,1-3H3,(H,17,20). The van der Waals surface area contributed by atoms with E-state index >= 15 is 0 Å². The van der Waals surface area contributed by atoms with E-state index in [9.17, 15) is 4.79 Å². The highest BCUT2D eigenvalue weighted by molar-refractivity contribution is 5.95. The van der Waals surface area contributed by atoms with Crippen molar-refractivity contribution >= 4 is 11.6 Å². The van der Waals surface area contributed by atoms with Gasteiger partial charge in [-0.05, 0) is 31.0 Å². The summed E-state index contributed by atoms with van der Waals surface area (Å²) < 4.78 is 1.67. The van der Waals surface area contributed by atoms with Crippen molar-refractivity contribution in [2.24, 2.45) is 7.05 Å². The molecule has 1 atom stereocenters. The summed E-state index contributed by atoms with van der Waals surface area (Å²) in [5.41, 5.74) is 8.85. The van der Waals surface area contributed by atoms with Crippen LogP contribution in [-0.4, -0.2) is 15.7 Å². The Hall–Kier alpha value is -2.30. The third kappa shape index (κ3) is 2.99. The Labute approximate surface area is 118 Å². The molecule has 5 heteroatoms. The Morgan fingerprint density at radius 3 is 2.65 bits per heavy atom. The zero-order valence-electron chi connectivity index (χ0n) is 12.1. The number of benzene rings is 1. The fraction of sp³-hybridized carbons (Fsp3) is 0.333. The Bertz CT molecular complexity index is 601. The first-order valence-corrected chi connectivity index (χ1v) is 6.70. The highest BCUT2D eigenvalue weighted by atomic mass is 16.1. The van der Waals surface area contributed by atoms with Gasteiger partial charge < -0.3 is 11.1 Å². The third-order valence-electron chi connectivity index (χ3n) is 3.27. The summed E-state index contributed by atoms with van der Waals surface area (Å²) in [4.78, 5) is 12.3. The summed E-state index contributed by atoms with van der Waals surface area (Å²) in [6.45, 7) is 3.94. The maximum Gasteiger partial charge on any atom is 0.255 e. The van der Waals surface area contributed by atoms with Gasteiger partial charge in [0.05, 0.1) is 17.3 Å². The van der Waals surface area contributed by atoms with Crippen molar-refractivity contribution in [3.63, 3.8) is 0 Å². The van der Waals surface area contributed by atoms with Crippen LogP contribution in [0.4, 0.5) is 5.69 Å². The van der Waals surface area contributed by atoms with Crippen LogP contribution in [0, 0.1) is 0 Å². The smallest absolute Gasteiger partial charge is 0.255 e. The molecule has 2 aromatic rings. The molecule has 1 heterocycles. The predicted molar refractivity (Wildman–Crippen MR) is 79.3 cm³/mol. The molecule has 0 saturated heterocycles. The molecule has 3 N–H and O–H groups in total. The number of hydrogen-bond acceptors (Lipinski definition) is 3. The molecular weight excluding hydrogens is 252 g/mol. The van der Waals surface area contributed by atoms with Crippen LogP contribution in [0.3, 0.4) is 0 Å². The maximum atomic E-state index is 12.3. The van der Waals surface area contributed by atoms with E-state index in [0.29, 0.717) is 11.3 Å². The van der Waals surface area contributed by atoms with Gasteiger partial charge in [-0.2, -0.15) is 5.10 Å². The van der Waals surface area contributed by atoms with Gasteiger partial charge >= 0.3 is 0 Å². The van der Waals surface area contributed by atoms with Crippen molar-refractivity contribution in [2.75, 3.05) is 5.73 Å². The lowest BCUT2D eigenvalue weighted by Crippen LogP contribution is -2.27. The number of carbonyl (C=O) groups is 1. The van der Waals surface area contributed by atoms with Gasteiger partial charge in [0.1, 0.15) is 0 Å². The molecule has 20 heavy (non-hydrogen) atoms. The molecule has 0 radical (unpaired) electrons. The molecule has 1 aromatic carbocycles. The number of nitrogens with zero attached hydrogens (tertiary/aromatic N) is 2. The summed E-state index contributed by atoms with van der Waals surface area (Å²) in [5, 5.41) is 7.27. The van der Waals surface area contributed by atoms with Crippen molar-refractivity contribution in [1.29, 1.82) is 0 Å². The SMILES string of the molecule is CCc1nn(C)cc1C(=O)NC(C)c1ccc(N)cc1. The largest absolute Gasteiger partial charge is 0.399 e. The van der Waals surface area contributed by atoms with Crippen LogP contribution in [0.15, 0.2) is 30.5 Å². The van der Waals surface area contributed by atoms with Gasteiger partial charge in [-0.15, -0.1) is 0 Å². The second-order valence-electron chi connectivity index (χ2n) is 4.88. The number of rotatable bonds is 4. The quantitative estimate of drug-likeness (QED) is 0.837. The Morgan fingerprint density at radius 2 is 2.05 bits per heavy atom. The molecule has 2 rings (SSSR count). The van der Waals surface area contributed by atoms with Crippen molar-refractivity contribution in [3.05, 3.63) is 47.3 Å². The molecule has 0 bridgehead atoms. The minimum Gasteiger partial charge on any atom is -0.399 e. The lowest BCUT2D eigenvalue weighted by atomic mass is 10.1. The second-order valence-corrected chi connectivity index (χ2v) is 4.88. The van der Waals surface area contributed by atoms with Crippen molar-refractivity contribution in [3.8, 4) is 0 Å². The minimum atomic E-state index is -0.0979. The fourth-order valence-electron chi connectivity index (χ4n) is 2.13. The Morgan fingerprint density at radius 1 is 1.40 bits per heavy atom. The summed E-state index contributed by atoms with van der Waals surface area (Å²) in [7, 11) is 1.82. The normalized spacial score (nSPS) is 12.2. The first kappa shape index (κ1) is 14.1. The molecule has 0 fully saturated rings. The van der Waals surface area contributed by atoms with Gasteiger partial charge in [0.2, 0.25) is 0 Å². The molecule has 1 unspecified atom stereocenters. The average Bonchev–Trinajstić information content (AvgIpc) is 2.80. The van der Waals surface area contributed by atoms with Crippen molar-refractivity contribution in [2.45, 2.75) is 26.3 Å². The van der Waals surface area contributed by atoms with Crippen LogP contribution >= 0.6 is 0 Å². The number of aromatic nitrogens is 2. The zero-order chi connectivity index (χ0) is 14.7. The number of anilines is 1. The number of hydrogen-bond donors (Lipinski definition) is 2. The van der Waals surface area contributed by atoms with Gasteiger partial charge in [-0.3, -0.25) is 9.48 Å². The molecule has 5 nitrogen and oxygen atoms in total. The molecule has 0 aliphatic rings. The molecule has 1 amide bonds. The van der Waals surface area contributed by atoms with E-state index in [2.05, 4.69) is 10.4 Å². The van der Waals surface area contributed by atoms with Crippen LogP contribution in [0.2, 0.25) is 0 Å². The highest BCUT2D eigenvalue weighted by Gasteiger charge is 2.16. The predicted octanol–water partition coefficient (Wildman–Crippen LogP) is 2.06. The molecular formula is C15H20N4O. The third-order valence-corrected chi connectivity index (χ3v) is 3.27. The van der Waals surface area contributed by atoms with Gasteiger partial charge in [-0.25, -0.2) is 0 Å². The van der Waals surface area contributed by atoms with E-state index in [0.717, 1.165) is 17.7 Å². The summed E-state index contributed by atoms with van der Waals surface area (Å²) in [5.74, 6) is -0.0979. The Kier molecular flexibility index (Phi) is 4.08. The second kappa shape index (κ2) is 5.77. The van der Waals surface area contributed by atoms with Gasteiger partial charge in [0.25, 0.3) is 5.91 Å². The van der Waals surface area contributed by atoms with Gasteiger partial charge in [0, 0.05) is 18.9 Å². The molecule has 1 aromatic heterocycles. The van der Waals surface area contributed by atoms with E-state index in [4.69, 9.17) is 5.73 Å². The summed E-state index contributed by atoms with van der Waals surface area (Å²) in [6, 6.07) is 7.43. The summed E-state index contributed by atoms with van der Waals surface area (Å²) >= 11 is 0. The van der Waals surface area contributed by atoms with Crippen LogP contribution in [0.5, 0.6) is 0 Å².